The van der Waals surface area contributed by atoms with E-state index in [0.29, 0.717) is 0 Å². The van der Waals surface area contributed by atoms with Crippen LogP contribution in [0.1, 0.15) is 112 Å². The van der Waals surface area contributed by atoms with Gasteiger partial charge in [-0.25, -0.2) is 0 Å². The molecule has 0 fully saturated rings. The van der Waals surface area contributed by atoms with E-state index < -0.39 is 0 Å². The summed E-state index contributed by atoms with van der Waals surface area (Å²) in [6.07, 6.45) is 8.97. The van der Waals surface area contributed by atoms with Gasteiger partial charge in [0.25, 0.3) is 0 Å². The van der Waals surface area contributed by atoms with Crippen molar-refractivity contribution in [2.24, 2.45) is 22.7 Å². The summed E-state index contributed by atoms with van der Waals surface area (Å²) in [5, 5.41) is 15.6. The first kappa shape index (κ1) is 46.0. The van der Waals surface area contributed by atoms with Crippen molar-refractivity contribution in [3.05, 3.63) is 114 Å². The third-order valence-corrected chi connectivity index (χ3v) is 12.3. The Balaban J connectivity index is 0.000000355. The van der Waals surface area contributed by atoms with Crippen LogP contribution in [0.2, 0.25) is 0 Å². The molecule has 3 aromatic heterocycles. The number of fused-ring (bicyclic) bond motifs is 6. The maximum absolute atomic E-state index is 11.7. The number of aromatic nitrogens is 1. The Morgan fingerprint density at radius 2 is 1.44 bits per heavy atom. The Labute approximate surface area is 369 Å². The van der Waals surface area contributed by atoms with E-state index in [1.165, 1.54) is 43.3 Å². The Bertz CT molecular complexity index is 2590. The third-order valence-electron chi connectivity index (χ3n) is 11.2. The molecule has 4 aromatic carbocycles. The monoisotopic (exact) mass is 985 g/mol. The number of benzene rings is 4. The van der Waals surface area contributed by atoms with Gasteiger partial charge in [0, 0.05) is 64.9 Å². The van der Waals surface area contributed by atoms with Crippen molar-refractivity contribution in [2.75, 3.05) is 0 Å². The number of pyridine rings is 1. The molecule has 59 heavy (non-hydrogen) atoms. The number of hydrogen-bond donors (Lipinski definition) is 1. The van der Waals surface area contributed by atoms with Gasteiger partial charge in [0.15, 0.2) is 5.78 Å². The summed E-state index contributed by atoms with van der Waals surface area (Å²) in [5.41, 5.74) is 9.10. The minimum absolute atomic E-state index is 0. The number of ketones is 1. The molecule has 1 radical (unpaired) electrons. The van der Waals surface area contributed by atoms with Crippen LogP contribution < -0.4 is 0 Å². The summed E-state index contributed by atoms with van der Waals surface area (Å²) in [5.74, 6) is 0.547. The largest absolute Gasteiger partial charge is 0.512 e. The number of nitrogens with zero attached hydrogens (tertiary/aromatic N) is 1. The Kier molecular flexibility index (Phi) is 14.9. The van der Waals surface area contributed by atoms with Crippen molar-refractivity contribution >= 4 is 59.9 Å². The van der Waals surface area contributed by atoms with Crippen LogP contribution in [-0.2, 0) is 37.7 Å². The minimum atomic E-state index is 0. The number of carbonyl (C=O) groups is 1. The van der Waals surface area contributed by atoms with E-state index in [1.54, 1.807) is 0 Å². The van der Waals surface area contributed by atoms with Crippen molar-refractivity contribution in [1.29, 1.82) is 0 Å². The van der Waals surface area contributed by atoms with Gasteiger partial charge in [-0.3, -0.25) is 9.78 Å². The standard InChI is InChI=1S/C40H38NOS.C13H24O2.Ir/c1-24-23-41-33(20-31(24)36-19-28-14-12-26(17-35(28)43-36)22-40(5,6)7)32-18-27-10-8-9-11-29(27)37-30-15-13-25(21-39(2,3)4)16-34(30)42-38(32)37;1-5-10(6-2)12(14)9-13(15)11(7-3)8-4;/h8-17,19-20,23H,21-22H2,1-7H3;9-11,14H,5-8H2,1-4H3;/q-1;;/b;12-9-;. The first-order valence-electron chi connectivity index (χ1n) is 21.3. The molecule has 313 valence electrons. The molecule has 0 spiro atoms. The molecule has 7 aromatic rings. The number of aliphatic hydroxyl groups is 1. The van der Waals surface area contributed by atoms with Crippen LogP contribution in [0.4, 0.5) is 0 Å². The second-order valence-corrected chi connectivity index (χ2v) is 19.6. The fraction of sp³-hybridized carbons (Fsp3) is 0.396. The molecule has 6 heteroatoms. The van der Waals surface area contributed by atoms with Gasteiger partial charge in [-0.2, -0.15) is 0 Å². The molecule has 0 unspecified atom stereocenters. The van der Waals surface area contributed by atoms with Crippen LogP contribution in [0.15, 0.2) is 95.2 Å². The number of aliphatic hydroxyl groups excluding tert-OH is 1. The van der Waals surface area contributed by atoms with E-state index in [1.807, 2.05) is 45.2 Å². The smallest absolute Gasteiger partial charge is 0.162 e. The van der Waals surface area contributed by atoms with Crippen LogP contribution >= 0.6 is 11.3 Å². The van der Waals surface area contributed by atoms with Gasteiger partial charge in [0.1, 0.15) is 5.58 Å². The average Bonchev–Trinajstić information content (AvgIpc) is 3.76. The van der Waals surface area contributed by atoms with Crippen LogP contribution in [-0.4, -0.2) is 15.9 Å². The van der Waals surface area contributed by atoms with E-state index in [2.05, 4.69) is 127 Å². The first-order chi connectivity index (χ1) is 27.5. The molecular weight excluding hydrogens is 923 g/mol. The van der Waals surface area contributed by atoms with Gasteiger partial charge in [-0.05, 0) is 108 Å². The summed E-state index contributed by atoms with van der Waals surface area (Å²) in [7, 11) is 0. The fourth-order valence-corrected chi connectivity index (χ4v) is 9.33. The summed E-state index contributed by atoms with van der Waals surface area (Å²) >= 11 is 1.86. The third kappa shape index (κ3) is 10.8. The summed E-state index contributed by atoms with van der Waals surface area (Å²) < 4.78 is 8.04. The molecule has 0 saturated heterocycles. The summed E-state index contributed by atoms with van der Waals surface area (Å²) in [6, 6.07) is 30.4. The molecule has 0 aliphatic rings. The maximum Gasteiger partial charge on any atom is 0.162 e. The van der Waals surface area contributed by atoms with Crippen molar-refractivity contribution in [1.82, 2.24) is 4.98 Å². The van der Waals surface area contributed by atoms with Gasteiger partial charge in [0.05, 0.1) is 11.3 Å². The fourth-order valence-electron chi connectivity index (χ4n) is 8.12. The van der Waals surface area contributed by atoms with Crippen molar-refractivity contribution in [3.63, 3.8) is 0 Å². The quantitative estimate of drug-likeness (QED) is 0.0797. The predicted molar refractivity (Wildman–Crippen MR) is 249 cm³/mol. The van der Waals surface area contributed by atoms with E-state index >= 15 is 0 Å². The van der Waals surface area contributed by atoms with Gasteiger partial charge < -0.3 is 9.52 Å². The van der Waals surface area contributed by atoms with Crippen LogP contribution in [0.5, 0.6) is 0 Å². The molecule has 0 bridgehead atoms. The molecule has 3 heterocycles. The molecule has 0 atom stereocenters. The zero-order valence-electron chi connectivity index (χ0n) is 36.9. The zero-order chi connectivity index (χ0) is 41.9. The van der Waals surface area contributed by atoms with Crippen LogP contribution in [0.25, 0.3) is 64.5 Å². The number of thiophene rings is 1. The molecule has 1 N–H and O–H groups in total. The number of rotatable bonds is 11. The van der Waals surface area contributed by atoms with Crippen LogP contribution in [0, 0.1) is 35.7 Å². The minimum Gasteiger partial charge on any atom is -0.512 e. The second-order valence-electron chi connectivity index (χ2n) is 18.5. The van der Waals surface area contributed by atoms with Gasteiger partial charge in [-0.15, -0.1) is 28.9 Å². The molecule has 0 aliphatic heterocycles. The normalized spacial score (nSPS) is 12.5. The van der Waals surface area contributed by atoms with Gasteiger partial charge in [-0.1, -0.05) is 129 Å². The Morgan fingerprint density at radius 1 is 0.814 bits per heavy atom. The maximum atomic E-state index is 11.7. The number of allylic oxidation sites excluding steroid dienone is 2. The summed E-state index contributed by atoms with van der Waals surface area (Å²) in [4.78, 5) is 17.9. The molecule has 0 amide bonds. The van der Waals surface area contributed by atoms with E-state index in [-0.39, 0.29) is 54.3 Å². The van der Waals surface area contributed by atoms with Crippen molar-refractivity contribution in [2.45, 2.75) is 115 Å². The topological polar surface area (TPSA) is 63.3 Å². The van der Waals surface area contributed by atoms with E-state index in [9.17, 15) is 9.90 Å². The number of furan rings is 1. The van der Waals surface area contributed by atoms with Crippen molar-refractivity contribution in [3.8, 4) is 21.7 Å². The molecule has 7 rings (SSSR count). The van der Waals surface area contributed by atoms with Crippen LogP contribution in [0.3, 0.4) is 0 Å². The Hall–Kier alpha value is -4.09. The number of hydrogen-bond acceptors (Lipinski definition) is 5. The second kappa shape index (κ2) is 19.1. The van der Waals surface area contributed by atoms with Crippen molar-refractivity contribution < 1.29 is 34.4 Å². The zero-order valence-corrected chi connectivity index (χ0v) is 40.1. The van der Waals surface area contributed by atoms with E-state index in [4.69, 9.17) is 9.40 Å². The molecule has 4 nitrogen and oxygen atoms in total. The number of aryl methyl sites for hydroxylation is 1. The first-order valence-corrected chi connectivity index (χ1v) is 22.1. The van der Waals surface area contributed by atoms with E-state index in [0.717, 1.165) is 82.5 Å². The van der Waals surface area contributed by atoms with Gasteiger partial charge in [0.2, 0.25) is 0 Å². The SMILES string of the molecule is CCC(CC)C(=O)/C=C(\O)C(CC)CC.Cc1cnc(-c2[c-]c3ccccc3c3c2oc2cc(CC(C)(C)C)ccc23)cc1-c1cc2ccc(CC(C)(C)C)cc2s1.[Ir]. The molecule has 0 aliphatic carbocycles. The molecular formula is C53H62IrNO3S-. The number of carbonyl (C=O) groups excluding carboxylic acids is 1. The molecule has 0 saturated carbocycles. The summed E-state index contributed by atoms with van der Waals surface area (Å²) in [6.45, 7) is 23.9. The predicted octanol–water partition coefficient (Wildman–Crippen LogP) is 15.8. The van der Waals surface area contributed by atoms with Gasteiger partial charge >= 0.3 is 0 Å². The Morgan fingerprint density at radius 3 is 2.08 bits per heavy atom. The average molecular weight is 985 g/mol.